The first-order chi connectivity index (χ1) is 12.2. The number of amides is 1. The Morgan fingerprint density at radius 3 is 2.54 bits per heavy atom. The second-order valence-corrected chi connectivity index (χ2v) is 5.92. The Labute approximate surface area is 158 Å². The molecule has 138 valence electrons. The quantitative estimate of drug-likeness (QED) is 0.659. The first kappa shape index (κ1) is 19.7. The third kappa shape index (κ3) is 4.93. The van der Waals surface area contributed by atoms with Crippen LogP contribution in [0.5, 0.6) is 0 Å². The van der Waals surface area contributed by atoms with Crippen LogP contribution >= 0.6 is 12.4 Å². The normalized spacial score (nSPS) is 11.6. The van der Waals surface area contributed by atoms with E-state index in [9.17, 15) is 4.79 Å². The highest BCUT2D eigenvalue weighted by molar-refractivity contribution is 5.85. The Kier molecular flexibility index (Phi) is 6.94. The first-order valence-corrected chi connectivity index (χ1v) is 8.14. The van der Waals surface area contributed by atoms with Gasteiger partial charge in [0.1, 0.15) is 6.04 Å². The van der Waals surface area contributed by atoms with Gasteiger partial charge >= 0.3 is 0 Å². The van der Waals surface area contributed by atoms with Gasteiger partial charge in [0.15, 0.2) is 0 Å². The Bertz CT molecular complexity index is 829. The van der Waals surface area contributed by atoms with Crippen LogP contribution in [0.2, 0.25) is 0 Å². The lowest BCUT2D eigenvalue weighted by Crippen LogP contribution is -2.35. The van der Waals surface area contributed by atoms with Crippen LogP contribution in [0.1, 0.15) is 22.7 Å². The number of carbonyl (C=O) groups excluding carboxylic acids is 1. The minimum Gasteiger partial charge on any atom is -0.350 e. The van der Waals surface area contributed by atoms with Gasteiger partial charge in [-0.05, 0) is 12.6 Å². The predicted molar refractivity (Wildman–Crippen MR) is 102 cm³/mol. The number of aromatic nitrogens is 4. The summed E-state index contributed by atoms with van der Waals surface area (Å²) in [6.45, 7) is 1.15. The molecule has 0 aliphatic heterocycles. The van der Waals surface area contributed by atoms with E-state index in [1.807, 2.05) is 42.3 Å². The van der Waals surface area contributed by atoms with E-state index in [1.165, 1.54) is 5.56 Å². The van der Waals surface area contributed by atoms with Gasteiger partial charge in [0.05, 0.1) is 18.9 Å². The zero-order valence-corrected chi connectivity index (χ0v) is 15.6. The van der Waals surface area contributed by atoms with Gasteiger partial charge in [-0.25, -0.2) is 0 Å². The number of hydrogen-bond donors (Lipinski definition) is 2. The summed E-state index contributed by atoms with van der Waals surface area (Å²) >= 11 is 0. The molecule has 0 radical (unpaired) electrons. The molecule has 2 heterocycles. The van der Waals surface area contributed by atoms with Gasteiger partial charge in [0, 0.05) is 37.1 Å². The van der Waals surface area contributed by atoms with Crippen LogP contribution in [-0.4, -0.2) is 32.5 Å². The highest BCUT2D eigenvalue weighted by atomic mass is 35.5. The van der Waals surface area contributed by atoms with E-state index in [4.69, 9.17) is 0 Å². The Hall–Kier alpha value is -2.64. The fraction of sp³-hybridized carbons (Fsp3) is 0.278. The topological polar surface area (TPSA) is 76.8 Å². The standard InChI is InChI=1S/C18H22N6O.ClH/c1-19-17(16-10-21-23(2)13-16)18(25)20-8-15-9-22-24(12-15)11-14-6-4-3-5-7-14;/h3-7,9-10,12-13,17,19H,8,11H2,1-2H3,(H,20,25);1H. The molecule has 1 amide bonds. The molecule has 2 N–H and O–H groups in total. The fourth-order valence-corrected chi connectivity index (χ4v) is 2.68. The van der Waals surface area contributed by atoms with Crippen molar-refractivity contribution in [1.82, 2.24) is 30.2 Å². The number of rotatable bonds is 7. The van der Waals surface area contributed by atoms with Gasteiger partial charge < -0.3 is 10.6 Å². The molecule has 0 aliphatic rings. The monoisotopic (exact) mass is 374 g/mol. The van der Waals surface area contributed by atoms with Crippen molar-refractivity contribution >= 4 is 18.3 Å². The fourth-order valence-electron chi connectivity index (χ4n) is 2.68. The summed E-state index contributed by atoms with van der Waals surface area (Å²) in [5.41, 5.74) is 2.99. The molecule has 1 aromatic carbocycles. The molecule has 3 aromatic rings. The van der Waals surface area contributed by atoms with Gasteiger partial charge in [-0.15, -0.1) is 12.4 Å². The molecule has 0 bridgehead atoms. The van der Waals surface area contributed by atoms with Crippen molar-refractivity contribution in [3.63, 3.8) is 0 Å². The molecular weight excluding hydrogens is 352 g/mol. The number of carbonyl (C=O) groups is 1. The zero-order chi connectivity index (χ0) is 17.6. The number of hydrogen-bond acceptors (Lipinski definition) is 4. The van der Waals surface area contributed by atoms with E-state index in [2.05, 4.69) is 33.0 Å². The molecule has 8 heteroatoms. The van der Waals surface area contributed by atoms with E-state index < -0.39 is 6.04 Å². The summed E-state index contributed by atoms with van der Waals surface area (Å²) in [6, 6.07) is 9.72. The smallest absolute Gasteiger partial charge is 0.242 e. The molecule has 0 saturated carbocycles. The van der Waals surface area contributed by atoms with E-state index in [0.717, 1.165) is 11.1 Å². The molecule has 1 unspecified atom stereocenters. The van der Waals surface area contributed by atoms with Crippen LogP contribution in [0.3, 0.4) is 0 Å². The molecule has 3 rings (SSSR count). The van der Waals surface area contributed by atoms with Crippen LogP contribution < -0.4 is 10.6 Å². The second-order valence-electron chi connectivity index (χ2n) is 5.92. The number of aryl methyl sites for hydroxylation is 1. The van der Waals surface area contributed by atoms with Gasteiger partial charge in [-0.3, -0.25) is 14.2 Å². The average Bonchev–Trinajstić information content (AvgIpc) is 3.24. The Balaban J connectivity index is 0.00000243. The van der Waals surface area contributed by atoms with Crippen molar-refractivity contribution in [2.24, 2.45) is 7.05 Å². The summed E-state index contributed by atoms with van der Waals surface area (Å²) in [4.78, 5) is 12.4. The predicted octanol–water partition coefficient (Wildman–Crippen LogP) is 1.66. The van der Waals surface area contributed by atoms with Crippen LogP contribution in [0.25, 0.3) is 0 Å². The average molecular weight is 375 g/mol. The van der Waals surface area contributed by atoms with E-state index in [-0.39, 0.29) is 18.3 Å². The largest absolute Gasteiger partial charge is 0.350 e. The van der Waals surface area contributed by atoms with Crippen molar-refractivity contribution in [2.75, 3.05) is 7.05 Å². The lowest BCUT2D eigenvalue weighted by Gasteiger charge is -2.14. The highest BCUT2D eigenvalue weighted by Crippen LogP contribution is 2.11. The third-order valence-corrected chi connectivity index (χ3v) is 3.95. The Morgan fingerprint density at radius 2 is 1.88 bits per heavy atom. The van der Waals surface area contributed by atoms with Crippen molar-refractivity contribution in [3.8, 4) is 0 Å². The minimum atomic E-state index is -0.423. The first-order valence-electron chi connectivity index (χ1n) is 8.14. The molecule has 1 atom stereocenters. The molecule has 0 aliphatic carbocycles. The maximum atomic E-state index is 12.4. The summed E-state index contributed by atoms with van der Waals surface area (Å²) in [5, 5.41) is 14.4. The molecule has 0 saturated heterocycles. The SMILES string of the molecule is CNC(C(=O)NCc1cnn(Cc2ccccc2)c1)c1cnn(C)c1.Cl. The zero-order valence-electron chi connectivity index (χ0n) is 14.8. The van der Waals surface area contributed by atoms with Gasteiger partial charge in [-0.2, -0.15) is 10.2 Å². The van der Waals surface area contributed by atoms with Crippen LogP contribution in [-0.2, 0) is 24.9 Å². The molecule has 2 aromatic heterocycles. The van der Waals surface area contributed by atoms with E-state index in [0.29, 0.717) is 13.1 Å². The maximum absolute atomic E-state index is 12.4. The number of nitrogens with zero attached hydrogens (tertiary/aromatic N) is 4. The van der Waals surface area contributed by atoms with Gasteiger partial charge in [-0.1, -0.05) is 30.3 Å². The van der Waals surface area contributed by atoms with Gasteiger partial charge in [0.25, 0.3) is 0 Å². The van der Waals surface area contributed by atoms with Crippen molar-refractivity contribution in [1.29, 1.82) is 0 Å². The molecular formula is C18H23ClN6O. The minimum absolute atomic E-state index is 0. The van der Waals surface area contributed by atoms with E-state index in [1.54, 1.807) is 24.1 Å². The van der Waals surface area contributed by atoms with Crippen molar-refractivity contribution < 1.29 is 4.79 Å². The molecule has 0 fully saturated rings. The summed E-state index contributed by atoms with van der Waals surface area (Å²) in [5.74, 6) is -0.0914. The molecule has 26 heavy (non-hydrogen) atoms. The maximum Gasteiger partial charge on any atom is 0.242 e. The van der Waals surface area contributed by atoms with Gasteiger partial charge in [0.2, 0.25) is 5.91 Å². The lowest BCUT2D eigenvalue weighted by atomic mass is 10.1. The van der Waals surface area contributed by atoms with Crippen molar-refractivity contribution in [2.45, 2.75) is 19.1 Å². The van der Waals surface area contributed by atoms with Crippen LogP contribution in [0.15, 0.2) is 55.1 Å². The summed E-state index contributed by atoms with van der Waals surface area (Å²) < 4.78 is 3.55. The van der Waals surface area contributed by atoms with Crippen LogP contribution in [0.4, 0.5) is 0 Å². The highest BCUT2D eigenvalue weighted by Gasteiger charge is 2.19. The Morgan fingerprint density at radius 1 is 1.12 bits per heavy atom. The number of nitrogens with one attached hydrogen (secondary N) is 2. The second kappa shape index (κ2) is 9.17. The third-order valence-electron chi connectivity index (χ3n) is 3.95. The lowest BCUT2D eigenvalue weighted by molar-refractivity contribution is -0.123. The van der Waals surface area contributed by atoms with E-state index >= 15 is 0 Å². The molecule has 7 nitrogen and oxygen atoms in total. The number of halogens is 1. The summed E-state index contributed by atoms with van der Waals surface area (Å²) in [6.07, 6.45) is 7.25. The number of likely N-dealkylation sites (N-methyl/N-ethyl adjacent to an activating group) is 1. The van der Waals surface area contributed by atoms with Crippen LogP contribution in [0, 0.1) is 0 Å². The van der Waals surface area contributed by atoms with Crippen molar-refractivity contribution in [3.05, 3.63) is 71.8 Å². The summed E-state index contributed by atoms with van der Waals surface area (Å²) in [7, 11) is 3.59. The number of benzene rings is 1. The molecule has 0 spiro atoms.